The number of ketones is 1. The molecule has 88 valence electrons. The zero-order chi connectivity index (χ0) is 12.0. The standard InChI is InChI=1S/C12H17BrN2O/c1-2-15-11(10(13)8-14)12(16)9-6-4-3-5-7-9/h3-7,10-11,15H,2,8,14H2,1H3. The van der Waals surface area contributed by atoms with Crippen LogP contribution in [0.15, 0.2) is 30.3 Å². The third-order valence-corrected chi connectivity index (χ3v) is 3.25. The van der Waals surface area contributed by atoms with Crippen LogP contribution >= 0.6 is 15.9 Å². The lowest BCUT2D eigenvalue weighted by atomic mass is 10.0. The molecule has 0 heterocycles. The van der Waals surface area contributed by atoms with Gasteiger partial charge in [-0.05, 0) is 6.54 Å². The fourth-order valence-electron chi connectivity index (χ4n) is 1.52. The first-order valence-corrected chi connectivity index (χ1v) is 6.29. The van der Waals surface area contributed by atoms with Gasteiger partial charge in [0.05, 0.1) is 6.04 Å². The van der Waals surface area contributed by atoms with Gasteiger partial charge in [-0.1, -0.05) is 53.2 Å². The van der Waals surface area contributed by atoms with Crippen LogP contribution in [0.1, 0.15) is 17.3 Å². The van der Waals surface area contributed by atoms with E-state index in [2.05, 4.69) is 21.2 Å². The van der Waals surface area contributed by atoms with Gasteiger partial charge >= 0.3 is 0 Å². The Kier molecular flexibility index (Phi) is 5.66. The molecule has 0 aromatic heterocycles. The number of carbonyl (C=O) groups excluding carboxylic acids is 1. The van der Waals surface area contributed by atoms with Crippen molar-refractivity contribution in [3.63, 3.8) is 0 Å². The van der Waals surface area contributed by atoms with Gasteiger partial charge in [0.1, 0.15) is 0 Å². The molecule has 0 aliphatic heterocycles. The number of hydrogen-bond donors (Lipinski definition) is 2. The third-order valence-electron chi connectivity index (χ3n) is 2.35. The van der Waals surface area contributed by atoms with Crippen LogP contribution in [-0.4, -0.2) is 29.7 Å². The fraction of sp³-hybridized carbons (Fsp3) is 0.417. The van der Waals surface area contributed by atoms with Crippen LogP contribution in [0.3, 0.4) is 0 Å². The summed E-state index contributed by atoms with van der Waals surface area (Å²) in [6.45, 7) is 3.14. The molecule has 0 spiro atoms. The van der Waals surface area contributed by atoms with Crippen molar-refractivity contribution in [2.75, 3.05) is 13.1 Å². The van der Waals surface area contributed by atoms with Gasteiger partial charge in [0, 0.05) is 16.9 Å². The topological polar surface area (TPSA) is 55.1 Å². The van der Waals surface area contributed by atoms with Crippen LogP contribution < -0.4 is 11.1 Å². The van der Waals surface area contributed by atoms with Crippen molar-refractivity contribution in [2.24, 2.45) is 5.73 Å². The minimum Gasteiger partial charge on any atom is -0.329 e. The summed E-state index contributed by atoms with van der Waals surface area (Å²) in [5.41, 5.74) is 6.29. The summed E-state index contributed by atoms with van der Waals surface area (Å²) < 4.78 is 0. The molecular formula is C12H17BrN2O. The fourth-order valence-corrected chi connectivity index (χ4v) is 1.95. The van der Waals surface area contributed by atoms with Crippen molar-refractivity contribution >= 4 is 21.7 Å². The van der Waals surface area contributed by atoms with E-state index >= 15 is 0 Å². The Morgan fingerprint density at radius 1 is 1.44 bits per heavy atom. The SMILES string of the molecule is CCNC(C(=O)c1ccccc1)C(Br)CN. The minimum absolute atomic E-state index is 0.0415. The highest BCUT2D eigenvalue weighted by atomic mass is 79.9. The molecule has 0 bridgehead atoms. The number of likely N-dealkylation sites (N-methyl/N-ethyl adjacent to an activating group) is 1. The van der Waals surface area contributed by atoms with Gasteiger partial charge in [0.15, 0.2) is 5.78 Å². The van der Waals surface area contributed by atoms with Gasteiger partial charge in [0.25, 0.3) is 0 Å². The molecule has 4 heteroatoms. The van der Waals surface area contributed by atoms with Crippen molar-refractivity contribution in [1.82, 2.24) is 5.32 Å². The summed E-state index contributed by atoms with van der Waals surface area (Å²) in [6.07, 6.45) is 0. The van der Waals surface area contributed by atoms with Crippen molar-refractivity contribution in [3.05, 3.63) is 35.9 Å². The van der Waals surface area contributed by atoms with Crippen molar-refractivity contribution in [2.45, 2.75) is 17.8 Å². The number of Topliss-reactive ketones (excluding diaryl/α,β-unsaturated/α-hetero) is 1. The van der Waals surface area contributed by atoms with Crippen molar-refractivity contribution < 1.29 is 4.79 Å². The summed E-state index contributed by atoms with van der Waals surface area (Å²) >= 11 is 3.43. The summed E-state index contributed by atoms with van der Waals surface area (Å²) in [7, 11) is 0. The number of nitrogens with one attached hydrogen (secondary N) is 1. The predicted octanol–water partition coefficient (Wildman–Crippen LogP) is 1.57. The van der Waals surface area contributed by atoms with Gasteiger partial charge in [0.2, 0.25) is 0 Å². The van der Waals surface area contributed by atoms with Gasteiger partial charge < -0.3 is 11.1 Å². The summed E-state index contributed by atoms with van der Waals surface area (Å²) in [5.74, 6) is 0.0785. The third kappa shape index (κ3) is 3.40. The maximum Gasteiger partial charge on any atom is 0.180 e. The molecule has 1 aromatic carbocycles. The van der Waals surface area contributed by atoms with Crippen LogP contribution in [0.5, 0.6) is 0 Å². The summed E-state index contributed by atoms with van der Waals surface area (Å²) in [5, 5.41) is 3.16. The maximum absolute atomic E-state index is 12.2. The van der Waals surface area contributed by atoms with E-state index < -0.39 is 0 Å². The normalized spacial score (nSPS) is 14.4. The van der Waals surface area contributed by atoms with Crippen LogP contribution in [0.2, 0.25) is 0 Å². The van der Waals surface area contributed by atoms with E-state index in [1.165, 1.54) is 0 Å². The van der Waals surface area contributed by atoms with E-state index in [0.717, 1.165) is 6.54 Å². The molecule has 0 aliphatic carbocycles. The summed E-state index contributed by atoms with van der Waals surface area (Å²) in [4.78, 5) is 12.1. The predicted molar refractivity (Wildman–Crippen MR) is 70.0 cm³/mol. The zero-order valence-corrected chi connectivity index (χ0v) is 10.9. The van der Waals surface area contributed by atoms with E-state index in [-0.39, 0.29) is 16.7 Å². The number of halogens is 1. The van der Waals surface area contributed by atoms with E-state index in [0.29, 0.717) is 12.1 Å². The van der Waals surface area contributed by atoms with Gasteiger partial charge in [-0.3, -0.25) is 4.79 Å². The number of rotatable bonds is 6. The molecule has 1 aromatic rings. The Hall–Kier alpha value is -0.710. The maximum atomic E-state index is 12.2. The van der Waals surface area contributed by atoms with Crippen LogP contribution in [-0.2, 0) is 0 Å². The highest BCUT2D eigenvalue weighted by molar-refractivity contribution is 9.09. The Morgan fingerprint density at radius 3 is 2.56 bits per heavy atom. The second kappa shape index (κ2) is 6.78. The molecule has 0 amide bonds. The van der Waals surface area contributed by atoms with Gasteiger partial charge in [-0.2, -0.15) is 0 Å². The smallest absolute Gasteiger partial charge is 0.180 e. The van der Waals surface area contributed by atoms with Crippen molar-refractivity contribution in [3.8, 4) is 0 Å². The number of nitrogens with two attached hydrogens (primary N) is 1. The molecule has 0 saturated heterocycles. The van der Waals surface area contributed by atoms with Crippen LogP contribution in [0, 0.1) is 0 Å². The molecule has 3 N–H and O–H groups in total. The molecule has 0 aliphatic rings. The second-order valence-corrected chi connectivity index (χ2v) is 4.69. The number of alkyl halides is 1. The molecule has 1 rings (SSSR count). The lowest BCUT2D eigenvalue weighted by Crippen LogP contribution is -2.46. The quantitative estimate of drug-likeness (QED) is 0.616. The van der Waals surface area contributed by atoms with E-state index in [1.54, 1.807) is 0 Å². The Bertz CT molecular complexity index is 329. The average molecular weight is 285 g/mol. The zero-order valence-electron chi connectivity index (χ0n) is 9.32. The van der Waals surface area contributed by atoms with Crippen LogP contribution in [0.4, 0.5) is 0 Å². The van der Waals surface area contributed by atoms with E-state index in [9.17, 15) is 4.79 Å². The molecule has 0 radical (unpaired) electrons. The molecule has 3 nitrogen and oxygen atoms in total. The lowest BCUT2D eigenvalue weighted by Gasteiger charge is -2.21. The molecule has 0 fully saturated rings. The molecule has 0 saturated carbocycles. The molecule has 16 heavy (non-hydrogen) atoms. The highest BCUT2D eigenvalue weighted by Gasteiger charge is 2.25. The minimum atomic E-state index is -0.266. The first-order valence-electron chi connectivity index (χ1n) is 5.37. The average Bonchev–Trinajstić information content (AvgIpc) is 2.35. The number of hydrogen-bond acceptors (Lipinski definition) is 3. The van der Waals surface area contributed by atoms with Crippen molar-refractivity contribution in [1.29, 1.82) is 0 Å². The molecule has 2 unspecified atom stereocenters. The van der Waals surface area contributed by atoms with E-state index in [1.807, 2.05) is 37.3 Å². The monoisotopic (exact) mass is 284 g/mol. The van der Waals surface area contributed by atoms with Gasteiger partial charge in [-0.15, -0.1) is 0 Å². The molecule has 2 atom stereocenters. The number of carbonyl (C=O) groups is 1. The highest BCUT2D eigenvalue weighted by Crippen LogP contribution is 2.11. The Morgan fingerprint density at radius 2 is 2.06 bits per heavy atom. The first kappa shape index (κ1) is 13.4. The van der Waals surface area contributed by atoms with Crippen LogP contribution in [0.25, 0.3) is 0 Å². The molecular weight excluding hydrogens is 268 g/mol. The Labute approximate surface area is 105 Å². The first-order chi connectivity index (χ1) is 7.70. The number of benzene rings is 1. The largest absolute Gasteiger partial charge is 0.329 e. The van der Waals surface area contributed by atoms with E-state index in [4.69, 9.17) is 5.73 Å². The lowest BCUT2D eigenvalue weighted by molar-refractivity contribution is 0.0944. The summed E-state index contributed by atoms with van der Waals surface area (Å²) in [6, 6.07) is 9.00. The van der Waals surface area contributed by atoms with Gasteiger partial charge in [-0.25, -0.2) is 0 Å². The second-order valence-electron chi connectivity index (χ2n) is 3.52. The Balaban J connectivity index is 2.83.